The number of guanidine groups is 1. The first-order valence-corrected chi connectivity index (χ1v) is 7.99. The molecule has 0 saturated heterocycles. The lowest BCUT2D eigenvalue weighted by atomic mass is 10.2. The average molecular weight is 315 g/mol. The van der Waals surface area contributed by atoms with Crippen molar-refractivity contribution in [2.75, 3.05) is 20.2 Å². The normalized spacial score (nSPS) is 11.3. The van der Waals surface area contributed by atoms with E-state index in [1.807, 2.05) is 36.4 Å². The molecule has 1 aromatic carbocycles. The number of aliphatic imine (C=N–C) groups is 1. The van der Waals surface area contributed by atoms with Crippen LogP contribution in [0.2, 0.25) is 0 Å². The van der Waals surface area contributed by atoms with E-state index in [1.165, 1.54) is 0 Å². The fourth-order valence-electron chi connectivity index (χ4n) is 2.12. The molecular weight excluding hydrogens is 290 g/mol. The van der Waals surface area contributed by atoms with E-state index in [9.17, 15) is 0 Å². The van der Waals surface area contributed by atoms with E-state index in [-0.39, 0.29) is 0 Å². The van der Waals surface area contributed by atoms with Gasteiger partial charge in [-0.25, -0.2) is 4.99 Å². The highest BCUT2D eigenvalue weighted by Gasteiger charge is 2.01. The van der Waals surface area contributed by atoms with Crippen LogP contribution in [0.3, 0.4) is 0 Å². The molecular formula is C18H25N3O2. The molecule has 0 aliphatic heterocycles. The Bertz CT molecular complexity index is 594. The van der Waals surface area contributed by atoms with Crippen molar-refractivity contribution in [1.82, 2.24) is 10.6 Å². The van der Waals surface area contributed by atoms with Crippen molar-refractivity contribution in [3.05, 3.63) is 54.0 Å². The number of rotatable bonds is 8. The van der Waals surface area contributed by atoms with Crippen LogP contribution in [-0.2, 0) is 13.0 Å². The maximum absolute atomic E-state index is 5.34. The first-order valence-electron chi connectivity index (χ1n) is 7.99. The topological polar surface area (TPSA) is 58.8 Å². The highest BCUT2D eigenvalue weighted by atomic mass is 16.5. The Hall–Kier alpha value is -2.43. The maximum atomic E-state index is 5.34. The quantitative estimate of drug-likeness (QED) is 0.581. The molecule has 0 saturated carbocycles. The van der Waals surface area contributed by atoms with E-state index >= 15 is 0 Å². The van der Waals surface area contributed by atoms with Crippen molar-refractivity contribution in [3.8, 4) is 5.75 Å². The second-order valence-corrected chi connectivity index (χ2v) is 5.20. The average Bonchev–Trinajstić information content (AvgIpc) is 3.10. The van der Waals surface area contributed by atoms with Crippen molar-refractivity contribution in [3.63, 3.8) is 0 Å². The summed E-state index contributed by atoms with van der Waals surface area (Å²) in [5, 5.41) is 6.66. The van der Waals surface area contributed by atoms with Crippen molar-refractivity contribution in [2.24, 2.45) is 4.99 Å². The molecule has 2 rings (SSSR count). The van der Waals surface area contributed by atoms with Gasteiger partial charge in [-0.1, -0.05) is 19.1 Å². The van der Waals surface area contributed by atoms with Crippen LogP contribution in [0.4, 0.5) is 0 Å². The summed E-state index contributed by atoms with van der Waals surface area (Å²) >= 11 is 0. The summed E-state index contributed by atoms with van der Waals surface area (Å²) in [5.41, 5.74) is 1.12. The summed E-state index contributed by atoms with van der Waals surface area (Å²) in [6, 6.07) is 11.9. The number of methoxy groups -OCH3 is 1. The molecule has 5 heteroatoms. The Kier molecular flexibility index (Phi) is 7.04. The zero-order chi connectivity index (χ0) is 16.3. The number of nitrogens with one attached hydrogen (secondary N) is 2. The lowest BCUT2D eigenvalue weighted by Gasteiger charge is -2.11. The molecule has 5 nitrogen and oxygen atoms in total. The zero-order valence-corrected chi connectivity index (χ0v) is 13.8. The zero-order valence-electron chi connectivity index (χ0n) is 13.8. The summed E-state index contributed by atoms with van der Waals surface area (Å²) in [7, 11) is 1.67. The number of hydrogen-bond donors (Lipinski definition) is 2. The monoisotopic (exact) mass is 315 g/mol. The van der Waals surface area contributed by atoms with Crippen molar-refractivity contribution >= 4 is 5.96 Å². The molecule has 0 atom stereocenters. The first kappa shape index (κ1) is 16.9. The summed E-state index contributed by atoms with van der Waals surface area (Å²) < 4.78 is 10.6. The third-order valence-corrected chi connectivity index (χ3v) is 3.34. The number of furan rings is 1. The molecule has 0 spiro atoms. The Morgan fingerprint density at radius 3 is 2.78 bits per heavy atom. The Morgan fingerprint density at radius 2 is 2.04 bits per heavy atom. The van der Waals surface area contributed by atoms with Crippen LogP contribution in [-0.4, -0.2) is 26.2 Å². The van der Waals surface area contributed by atoms with Gasteiger partial charge in [-0.3, -0.25) is 0 Å². The Balaban J connectivity index is 1.89. The van der Waals surface area contributed by atoms with Crippen LogP contribution in [0.25, 0.3) is 0 Å². The van der Waals surface area contributed by atoms with Gasteiger partial charge in [0.25, 0.3) is 0 Å². The van der Waals surface area contributed by atoms with E-state index in [2.05, 4.69) is 22.5 Å². The van der Waals surface area contributed by atoms with E-state index < -0.39 is 0 Å². The number of hydrogen-bond acceptors (Lipinski definition) is 3. The van der Waals surface area contributed by atoms with Crippen LogP contribution in [0.1, 0.15) is 24.7 Å². The van der Waals surface area contributed by atoms with Gasteiger partial charge in [-0.05, 0) is 36.2 Å². The molecule has 0 bridgehead atoms. The van der Waals surface area contributed by atoms with Crippen LogP contribution in [0.15, 0.2) is 52.1 Å². The molecule has 0 aliphatic rings. The second kappa shape index (κ2) is 9.56. The summed E-state index contributed by atoms with van der Waals surface area (Å²) in [5.74, 6) is 2.65. The van der Waals surface area contributed by atoms with Gasteiger partial charge in [-0.2, -0.15) is 0 Å². The molecule has 0 aliphatic carbocycles. The van der Waals surface area contributed by atoms with Gasteiger partial charge in [0.1, 0.15) is 11.5 Å². The summed E-state index contributed by atoms with van der Waals surface area (Å²) in [4.78, 5) is 4.63. The van der Waals surface area contributed by atoms with Crippen LogP contribution >= 0.6 is 0 Å². The third-order valence-electron chi connectivity index (χ3n) is 3.34. The SMILES string of the molecule is CCCNC(=NCc1cccc(OC)c1)NCCc1ccco1. The van der Waals surface area contributed by atoms with E-state index in [0.717, 1.165) is 49.0 Å². The Labute approximate surface area is 137 Å². The molecule has 2 N–H and O–H groups in total. The van der Waals surface area contributed by atoms with Gasteiger partial charge in [-0.15, -0.1) is 0 Å². The maximum Gasteiger partial charge on any atom is 0.191 e. The molecule has 0 fully saturated rings. The molecule has 0 radical (unpaired) electrons. The number of ether oxygens (including phenoxy) is 1. The minimum absolute atomic E-state index is 0.608. The van der Waals surface area contributed by atoms with Gasteiger partial charge < -0.3 is 19.8 Å². The lowest BCUT2D eigenvalue weighted by Crippen LogP contribution is -2.38. The fraction of sp³-hybridized carbons (Fsp3) is 0.389. The van der Waals surface area contributed by atoms with E-state index in [1.54, 1.807) is 13.4 Å². The van der Waals surface area contributed by atoms with Gasteiger partial charge in [0.15, 0.2) is 5.96 Å². The summed E-state index contributed by atoms with van der Waals surface area (Å²) in [6.07, 6.45) is 3.58. The smallest absolute Gasteiger partial charge is 0.191 e. The minimum atomic E-state index is 0.608. The standard InChI is InChI=1S/C18H25N3O2/c1-3-10-19-18(20-11-9-16-8-5-12-23-16)21-14-15-6-4-7-17(13-15)22-2/h4-8,12-13H,3,9-11,14H2,1-2H3,(H2,19,20,21). The molecule has 0 amide bonds. The van der Waals surface area contributed by atoms with Gasteiger partial charge in [0, 0.05) is 19.5 Å². The van der Waals surface area contributed by atoms with E-state index in [4.69, 9.17) is 9.15 Å². The Morgan fingerprint density at radius 1 is 1.17 bits per heavy atom. The van der Waals surface area contributed by atoms with E-state index in [0.29, 0.717) is 6.54 Å². The lowest BCUT2D eigenvalue weighted by molar-refractivity contribution is 0.414. The van der Waals surface area contributed by atoms with Crippen molar-refractivity contribution in [2.45, 2.75) is 26.3 Å². The molecule has 1 aromatic heterocycles. The summed E-state index contributed by atoms with van der Waals surface area (Å²) in [6.45, 7) is 4.42. The highest BCUT2D eigenvalue weighted by Crippen LogP contribution is 2.13. The first-order chi connectivity index (χ1) is 11.3. The molecule has 23 heavy (non-hydrogen) atoms. The van der Waals surface area contributed by atoms with Crippen molar-refractivity contribution in [1.29, 1.82) is 0 Å². The number of benzene rings is 1. The predicted molar refractivity (Wildman–Crippen MR) is 92.8 cm³/mol. The third kappa shape index (κ3) is 6.06. The molecule has 124 valence electrons. The van der Waals surface area contributed by atoms with Crippen LogP contribution < -0.4 is 15.4 Å². The van der Waals surface area contributed by atoms with Crippen LogP contribution in [0, 0.1) is 0 Å². The second-order valence-electron chi connectivity index (χ2n) is 5.20. The number of nitrogens with zero attached hydrogens (tertiary/aromatic N) is 1. The molecule has 2 aromatic rings. The molecule has 0 unspecified atom stereocenters. The largest absolute Gasteiger partial charge is 0.497 e. The fourth-order valence-corrected chi connectivity index (χ4v) is 2.12. The predicted octanol–water partition coefficient (Wildman–Crippen LogP) is 2.98. The minimum Gasteiger partial charge on any atom is -0.497 e. The van der Waals surface area contributed by atoms with Gasteiger partial charge >= 0.3 is 0 Å². The van der Waals surface area contributed by atoms with Crippen LogP contribution in [0.5, 0.6) is 5.75 Å². The van der Waals surface area contributed by atoms with Gasteiger partial charge in [0.05, 0.1) is 19.9 Å². The van der Waals surface area contributed by atoms with Gasteiger partial charge in [0.2, 0.25) is 0 Å². The molecule has 1 heterocycles. The highest BCUT2D eigenvalue weighted by molar-refractivity contribution is 5.79. The van der Waals surface area contributed by atoms with Crippen molar-refractivity contribution < 1.29 is 9.15 Å².